The van der Waals surface area contributed by atoms with Gasteiger partial charge in [-0.3, -0.25) is 0 Å². The number of hydrogen-bond acceptors (Lipinski definition) is 1. The van der Waals surface area contributed by atoms with Crippen LogP contribution in [0.5, 0.6) is 5.75 Å². The van der Waals surface area contributed by atoms with Crippen LogP contribution >= 0.6 is 15.9 Å². The van der Waals surface area contributed by atoms with Gasteiger partial charge < -0.3 is 5.11 Å². The van der Waals surface area contributed by atoms with Crippen LogP contribution in [0.4, 0.5) is 0 Å². The highest BCUT2D eigenvalue weighted by Crippen LogP contribution is 2.61. The monoisotopic (exact) mass is 280 g/mol. The molecule has 2 fully saturated rings. The van der Waals surface area contributed by atoms with Gasteiger partial charge in [0, 0.05) is 5.33 Å². The lowest BCUT2D eigenvalue weighted by Gasteiger charge is -2.28. The molecule has 0 aromatic heterocycles. The molecule has 2 atom stereocenters. The topological polar surface area (TPSA) is 20.2 Å². The number of halogens is 1. The third-order valence-electron chi connectivity index (χ3n) is 4.23. The fourth-order valence-corrected chi connectivity index (χ4v) is 4.06. The van der Waals surface area contributed by atoms with Crippen molar-refractivity contribution in [1.29, 1.82) is 0 Å². The maximum Gasteiger partial charge on any atom is 0.115 e. The second-order valence-corrected chi connectivity index (χ2v) is 6.21. The van der Waals surface area contributed by atoms with Gasteiger partial charge in [0.15, 0.2) is 0 Å². The van der Waals surface area contributed by atoms with Crippen molar-refractivity contribution in [3.63, 3.8) is 0 Å². The summed E-state index contributed by atoms with van der Waals surface area (Å²) >= 11 is 3.69. The molecule has 1 nitrogen and oxygen atoms in total. The van der Waals surface area contributed by atoms with Crippen LogP contribution in [0.25, 0.3) is 0 Å². The molecule has 2 saturated carbocycles. The second kappa shape index (κ2) is 3.76. The van der Waals surface area contributed by atoms with Crippen molar-refractivity contribution < 1.29 is 5.11 Å². The average Bonchev–Trinajstić information content (AvgIpc) is 2.87. The van der Waals surface area contributed by atoms with Gasteiger partial charge >= 0.3 is 0 Å². The zero-order valence-electron chi connectivity index (χ0n) is 9.32. The molecule has 2 aliphatic carbocycles. The first-order chi connectivity index (χ1) is 7.71. The molecule has 2 aliphatic rings. The number of benzene rings is 1. The number of phenols is 1. The quantitative estimate of drug-likeness (QED) is 0.837. The first-order valence-corrected chi connectivity index (χ1v) is 7.17. The van der Waals surface area contributed by atoms with Gasteiger partial charge in [-0.1, -0.05) is 28.1 Å². The van der Waals surface area contributed by atoms with Crippen LogP contribution in [-0.4, -0.2) is 10.4 Å². The van der Waals surface area contributed by atoms with Gasteiger partial charge in [0.25, 0.3) is 0 Å². The van der Waals surface area contributed by atoms with E-state index < -0.39 is 0 Å². The number of fused-ring (bicyclic) bond motifs is 1. The van der Waals surface area contributed by atoms with E-state index in [9.17, 15) is 5.11 Å². The summed E-state index contributed by atoms with van der Waals surface area (Å²) in [5.41, 5.74) is 1.74. The Morgan fingerprint density at radius 2 is 2.06 bits per heavy atom. The zero-order valence-corrected chi connectivity index (χ0v) is 10.9. The Morgan fingerprint density at radius 1 is 1.31 bits per heavy atom. The molecule has 0 aliphatic heterocycles. The third kappa shape index (κ3) is 1.88. The predicted octanol–water partition coefficient (Wildman–Crippen LogP) is 3.75. The first-order valence-electron chi connectivity index (χ1n) is 6.05. The predicted molar refractivity (Wildman–Crippen MR) is 68.9 cm³/mol. The molecule has 86 valence electrons. The molecule has 1 N–H and O–H groups in total. The van der Waals surface area contributed by atoms with Crippen molar-refractivity contribution >= 4 is 15.9 Å². The van der Waals surface area contributed by atoms with Gasteiger partial charge in [0.05, 0.1) is 0 Å². The Morgan fingerprint density at radius 3 is 2.69 bits per heavy atom. The van der Waals surface area contributed by atoms with Gasteiger partial charge in [0.1, 0.15) is 5.75 Å². The number of phenolic OH excluding ortho intramolecular Hbond substituents is 1. The molecule has 0 heterocycles. The molecular formula is C14H17BrO. The minimum Gasteiger partial charge on any atom is -0.508 e. The normalized spacial score (nSPS) is 36.1. The highest BCUT2D eigenvalue weighted by molar-refractivity contribution is 9.09. The Kier molecular flexibility index (Phi) is 2.50. The number of aromatic hydroxyl groups is 1. The summed E-state index contributed by atoms with van der Waals surface area (Å²) in [6.45, 7) is 0. The molecule has 0 saturated heterocycles. The number of rotatable bonds is 3. The summed E-state index contributed by atoms with van der Waals surface area (Å²) in [7, 11) is 0. The lowest BCUT2D eigenvalue weighted by Crippen LogP contribution is -2.23. The van der Waals surface area contributed by atoms with Gasteiger partial charge in [-0.25, -0.2) is 0 Å². The standard InChI is InChI=1S/C14H17BrO/c15-9-14(7-11-5-12(11)8-14)6-10-2-1-3-13(16)4-10/h1-4,11-12,16H,5-9H2. The van der Waals surface area contributed by atoms with Crippen molar-refractivity contribution in [3.8, 4) is 5.75 Å². The molecule has 1 aromatic rings. The van der Waals surface area contributed by atoms with E-state index in [1.165, 1.54) is 24.8 Å². The summed E-state index contributed by atoms with van der Waals surface area (Å²) in [5, 5.41) is 10.6. The third-order valence-corrected chi connectivity index (χ3v) is 5.42. The first kappa shape index (κ1) is 10.6. The lowest BCUT2D eigenvalue weighted by atomic mass is 9.79. The smallest absolute Gasteiger partial charge is 0.115 e. The van der Waals surface area contributed by atoms with Crippen molar-refractivity contribution in [1.82, 2.24) is 0 Å². The molecule has 2 heteroatoms. The fourth-order valence-electron chi connectivity index (χ4n) is 3.41. The van der Waals surface area contributed by atoms with E-state index in [-0.39, 0.29) is 0 Å². The average molecular weight is 281 g/mol. The van der Waals surface area contributed by atoms with Crippen LogP contribution < -0.4 is 0 Å². The van der Waals surface area contributed by atoms with Gasteiger partial charge in [-0.15, -0.1) is 0 Å². The van der Waals surface area contributed by atoms with E-state index in [2.05, 4.69) is 22.0 Å². The minimum atomic E-state index is 0.394. The van der Waals surface area contributed by atoms with E-state index in [0.717, 1.165) is 23.6 Å². The largest absolute Gasteiger partial charge is 0.508 e. The van der Waals surface area contributed by atoms with E-state index in [1.807, 2.05) is 12.1 Å². The van der Waals surface area contributed by atoms with Crippen LogP contribution in [0.15, 0.2) is 24.3 Å². The summed E-state index contributed by atoms with van der Waals surface area (Å²) in [6, 6.07) is 7.74. The Bertz CT molecular complexity index is 391. The molecule has 16 heavy (non-hydrogen) atoms. The van der Waals surface area contributed by atoms with Crippen molar-refractivity contribution in [2.75, 3.05) is 5.33 Å². The molecule has 0 amide bonds. The summed E-state index contributed by atoms with van der Waals surface area (Å²) in [6.07, 6.45) is 5.32. The Hall–Kier alpha value is -0.500. The Labute approximate surface area is 105 Å². The summed E-state index contributed by atoms with van der Waals surface area (Å²) in [4.78, 5) is 0. The summed E-state index contributed by atoms with van der Waals surface area (Å²) in [5.74, 6) is 2.41. The lowest BCUT2D eigenvalue weighted by molar-refractivity contribution is 0.308. The molecule has 0 spiro atoms. The Balaban J connectivity index is 1.77. The maximum absolute atomic E-state index is 9.49. The minimum absolute atomic E-state index is 0.394. The molecular weight excluding hydrogens is 264 g/mol. The van der Waals surface area contributed by atoms with Crippen LogP contribution in [0.3, 0.4) is 0 Å². The van der Waals surface area contributed by atoms with Crippen LogP contribution in [0, 0.1) is 17.3 Å². The molecule has 1 aromatic carbocycles. The van der Waals surface area contributed by atoms with Crippen LogP contribution in [0.1, 0.15) is 24.8 Å². The molecule has 0 bridgehead atoms. The maximum atomic E-state index is 9.49. The fraction of sp³-hybridized carbons (Fsp3) is 0.571. The van der Waals surface area contributed by atoms with Crippen molar-refractivity contribution in [2.24, 2.45) is 17.3 Å². The van der Waals surface area contributed by atoms with E-state index in [0.29, 0.717) is 11.2 Å². The van der Waals surface area contributed by atoms with Crippen LogP contribution in [0.2, 0.25) is 0 Å². The van der Waals surface area contributed by atoms with Crippen molar-refractivity contribution in [3.05, 3.63) is 29.8 Å². The second-order valence-electron chi connectivity index (χ2n) is 5.64. The van der Waals surface area contributed by atoms with Gasteiger partial charge in [-0.2, -0.15) is 0 Å². The van der Waals surface area contributed by atoms with E-state index in [1.54, 1.807) is 6.07 Å². The van der Waals surface area contributed by atoms with E-state index in [4.69, 9.17) is 0 Å². The zero-order chi connectivity index (χ0) is 11.2. The van der Waals surface area contributed by atoms with Gasteiger partial charge in [0.2, 0.25) is 0 Å². The van der Waals surface area contributed by atoms with Gasteiger partial charge in [-0.05, 0) is 60.6 Å². The molecule has 2 unspecified atom stereocenters. The number of alkyl halides is 1. The van der Waals surface area contributed by atoms with Crippen LogP contribution in [-0.2, 0) is 6.42 Å². The van der Waals surface area contributed by atoms with Crippen molar-refractivity contribution in [2.45, 2.75) is 25.7 Å². The number of hydrogen-bond donors (Lipinski definition) is 1. The SMILES string of the molecule is Oc1cccc(CC2(CBr)CC3CC3C2)c1. The molecule has 0 radical (unpaired) electrons. The van der Waals surface area contributed by atoms with E-state index >= 15 is 0 Å². The highest BCUT2D eigenvalue weighted by atomic mass is 79.9. The highest BCUT2D eigenvalue weighted by Gasteiger charge is 2.52. The molecule has 3 rings (SSSR count). The summed E-state index contributed by atoms with van der Waals surface area (Å²) < 4.78 is 0.